The fraction of sp³-hybridized carbons (Fsp3) is 0.273. The number of primary amides is 1. The maximum absolute atomic E-state index is 11.5. The Morgan fingerprint density at radius 1 is 1.43 bits per heavy atom. The number of hydrogen-bond acceptors (Lipinski definition) is 2. The molecule has 1 aromatic heterocycles. The van der Waals surface area contributed by atoms with Crippen LogP contribution < -0.4 is 5.73 Å². The van der Waals surface area contributed by atoms with Crippen LogP contribution in [-0.4, -0.2) is 10.9 Å². The SMILES string of the molecule is NC(=O)C1(c2cccnc2)CC=CC1. The summed E-state index contributed by atoms with van der Waals surface area (Å²) < 4.78 is 0. The molecule has 0 bridgehead atoms. The Hall–Kier alpha value is -1.64. The first-order chi connectivity index (χ1) is 6.76. The third-order valence-corrected chi connectivity index (χ3v) is 2.79. The summed E-state index contributed by atoms with van der Waals surface area (Å²) in [6.07, 6.45) is 8.79. The Morgan fingerprint density at radius 2 is 2.14 bits per heavy atom. The monoisotopic (exact) mass is 188 g/mol. The van der Waals surface area contributed by atoms with E-state index in [0.29, 0.717) is 12.8 Å². The highest BCUT2D eigenvalue weighted by Crippen LogP contribution is 2.36. The zero-order valence-corrected chi connectivity index (χ0v) is 7.81. The van der Waals surface area contributed by atoms with Crippen molar-refractivity contribution in [3.63, 3.8) is 0 Å². The molecule has 2 rings (SSSR count). The first kappa shape index (κ1) is 8.94. The van der Waals surface area contributed by atoms with Crippen LogP contribution >= 0.6 is 0 Å². The zero-order chi connectivity index (χ0) is 10.0. The van der Waals surface area contributed by atoms with Gasteiger partial charge in [-0.25, -0.2) is 0 Å². The minimum Gasteiger partial charge on any atom is -0.369 e. The number of carbonyl (C=O) groups excluding carboxylic acids is 1. The predicted octanol–water partition coefficient (Wildman–Crippen LogP) is 1.15. The number of nitrogens with zero attached hydrogens (tertiary/aromatic N) is 1. The Bertz CT molecular complexity index is 362. The summed E-state index contributed by atoms with van der Waals surface area (Å²) in [6.45, 7) is 0. The maximum Gasteiger partial charge on any atom is 0.228 e. The van der Waals surface area contributed by atoms with Gasteiger partial charge in [-0.15, -0.1) is 0 Å². The smallest absolute Gasteiger partial charge is 0.228 e. The minimum absolute atomic E-state index is 0.268. The van der Waals surface area contributed by atoms with Crippen LogP contribution in [0.4, 0.5) is 0 Å². The van der Waals surface area contributed by atoms with Gasteiger partial charge in [0, 0.05) is 12.4 Å². The standard InChI is InChI=1S/C11H12N2O/c12-10(14)11(5-1-2-6-11)9-4-3-7-13-8-9/h1-4,7-8H,5-6H2,(H2,12,14). The van der Waals surface area contributed by atoms with Crippen molar-refractivity contribution in [2.45, 2.75) is 18.3 Å². The van der Waals surface area contributed by atoms with Crippen molar-refractivity contribution in [2.24, 2.45) is 5.73 Å². The van der Waals surface area contributed by atoms with Gasteiger partial charge in [0.05, 0.1) is 5.41 Å². The predicted molar refractivity (Wildman–Crippen MR) is 53.5 cm³/mol. The van der Waals surface area contributed by atoms with Crippen molar-refractivity contribution < 1.29 is 4.79 Å². The van der Waals surface area contributed by atoms with Crippen LogP contribution in [0.15, 0.2) is 36.7 Å². The molecular weight excluding hydrogens is 176 g/mol. The lowest BCUT2D eigenvalue weighted by Crippen LogP contribution is -2.39. The fourth-order valence-electron chi connectivity index (χ4n) is 1.88. The normalized spacial score (nSPS) is 18.3. The van der Waals surface area contributed by atoms with Gasteiger partial charge in [0.2, 0.25) is 5.91 Å². The van der Waals surface area contributed by atoms with E-state index in [2.05, 4.69) is 4.98 Å². The first-order valence-corrected chi connectivity index (χ1v) is 4.61. The average molecular weight is 188 g/mol. The summed E-state index contributed by atoms with van der Waals surface area (Å²) in [5.41, 5.74) is 5.83. The molecule has 3 nitrogen and oxygen atoms in total. The molecule has 0 unspecified atom stereocenters. The van der Waals surface area contributed by atoms with E-state index in [1.807, 2.05) is 24.3 Å². The van der Waals surface area contributed by atoms with E-state index in [9.17, 15) is 4.79 Å². The molecule has 1 aromatic rings. The Morgan fingerprint density at radius 3 is 2.64 bits per heavy atom. The van der Waals surface area contributed by atoms with Gasteiger partial charge >= 0.3 is 0 Å². The molecule has 0 saturated heterocycles. The highest BCUT2D eigenvalue weighted by molar-refractivity contribution is 5.87. The number of amides is 1. The summed E-state index contributed by atoms with van der Waals surface area (Å²) in [5, 5.41) is 0. The van der Waals surface area contributed by atoms with E-state index in [1.165, 1.54) is 0 Å². The van der Waals surface area contributed by atoms with Crippen LogP contribution in [-0.2, 0) is 10.2 Å². The third-order valence-electron chi connectivity index (χ3n) is 2.79. The molecule has 14 heavy (non-hydrogen) atoms. The van der Waals surface area contributed by atoms with Crippen molar-refractivity contribution >= 4 is 5.91 Å². The van der Waals surface area contributed by atoms with Gasteiger partial charge < -0.3 is 5.73 Å². The van der Waals surface area contributed by atoms with Gasteiger partial charge in [-0.1, -0.05) is 18.2 Å². The van der Waals surface area contributed by atoms with Gasteiger partial charge in [-0.2, -0.15) is 0 Å². The molecule has 0 aromatic carbocycles. The van der Waals surface area contributed by atoms with E-state index in [1.54, 1.807) is 12.4 Å². The van der Waals surface area contributed by atoms with Crippen LogP contribution in [0.3, 0.4) is 0 Å². The summed E-state index contributed by atoms with van der Waals surface area (Å²) >= 11 is 0. The second-order valence-electron chi connectivity index (χ2n) is 3.57. The van der Waals surface area contributed by atoms with Crippen LogP contribution in [0.1, 0.15) is 18.4 Å². The first-order valence-electron chi connectivity index (χ1n) is 4.61. The molecule has 0 aliphatic heterocycles. The molecule has 0 atom stereocenters. The van der Waals surface area contributed by atoms with Crippen LogP contribution in [0.5, 0.6) is 0 Å². The number of carbonyl (C=O) groups is 1. The van der Waals surface area contributed by atoms with E-state index >= 15 is 0 Å². The summed E-state index contributed by atoms with van der Waals surface area (Å²) in [5.74, 6) is -0.268. The molecule has 1 aliphatic carbocycles. The molecule has 0 fully saturated rings. The van der Waals surface area contributed by atoms with E-state index in [4.69, 9.17) is 5.73 Å². The van der Waals surface area contributed by atoms with Crippen molar-refractivity contribution in [1.29, 1.82) is 0 Å². The zero-order valence-electron chi connectivity index (χ0n) is 7.81. The second kappa shape index (κ2) is 3.25. The summed E-state index contributed by atoms with van der Waals surface area (Å²) in [4.78, 5) is 15.5. The third kappa shape index (κ3) is 1.21. The molecule has 2 N–H and O–H groups in total. The molecule has 1 aliphatic rings. The summed E-state index contributed by atoms with van der Waals surface area (Å²) in [6, 6.07) is 3.74. The molecule has 1 heterocycles. The molecule has 0 spiro atoms. The minimum atomic E-state index is -0.547. The lowest BCUT2D eigenvalue weighted by atomic mass is 9.78. The molecule has 0 radical (unpaired) electrons. The number of allylic oxidation sites excluding steroid dienone is 2. The summed E-state index contributed by atoms with van der Waals surface area (Å²) in [7, 11) is 0. The largest absolute Gasteiger partial charge is 0.369 e. The lowest BCUT2D eigenvalue weighted by Gasteiger charge is -2.24. The molecule has 3 heteroatoms. The maximum atomic E-state index is 11.5. The van der Waals surface area contributed by atoms with E-state index in [0.717, 1.165) is 5.56 Å². The number of rotatable bonds is 2. The number of nitrogens with two attached hydrogens (primary N) is 1. The van der Waals surface area contributed by atoms with Crippen molar-refractivity contribution in [1.82, 2.24) is 4.98 Å². The van der Waals surface area contributed by atoms with Crippen molar-refractivity contribution in [3.8, 4) is 0 Å². The van der Waals surface area contributed by atoms with Gasteiger partial charge in [-0.05, 0) is 24.5 Å². The van der Waals surface area contributed by atoms with Crippen LogP contribution in [0.25, 0.3) is 0 Å². The van der Waals surface area contributed by atoms with Gasteiger partial charge in [-0.3, -0.25) is 9.78 Å². The Labute approximate surface area is 82.6 Å². The lowest BCUT2D eigenvalue weighted by molar-refractivity contribution is -0.123. The van der Waals surface area contributed by atoms with E-state index < -0.39 is 5.41 Å². The van der Waals surface area contributed by atoms with Gasteiger partial charge in [0.1, 0.15) is 0 Å². The highest BCUT2D eigenvalue weighted by Gasteiger charge is 2.38. The second-order valence-corrected chi connectivity index (χ2v) is 3.57. The highest BCUT2D eigenvalue weighted by atomic mass is 16.1. The molecule has 0 saturated carbocycles. The quantitative estimate of drug-likeness (QED) is 0.708. The molecular formula is C11H12N2O. The fourth-order valence-corrected chi connectivity index (χ4v) is 1.88. The van der Waals surface area contributed by atoms with Gasteiger partial charge in [0.15, 0.2) is 0 Å². The van der Waals surface area contributed by atoms with Crippen molar-refractivity contribution in [2.75, 3.05) is 0 Å². The van der Waals surface area contributed by atoms with Crippen LogP contribution in [0, 0.1) is 0 Å². The number of pyridine rings is 1. The Kier molecular flexibility index (Phi) is 2.08. The average Bonchev–Trinajstić information content (AvgIpc) is 2.69. The van der Waals surface area contributed by atoms with E-state index in [-0.39, 0.29) is 5.91 Å². The molecule has 72 valence electrons. The Balaban J connectivity index is 2.43. The van der Waals surface area contributed by atoms with Gasteiger partial charge in [0.25, 0.3) is 0 Å². The number of hydrogen-bond donors (Lipinski definition) is 1. The molecule has 1 amide bonds. The topological polar surface area (TPSA) is 56.0 Å². The number of aromatic nitrogens is 1. The van der Waals surface area contributed by atoms with Crippen molar-refractivity contribution in [3.05, 3.63) is 42.2 Å². The van der Waals surface area contributed by atoms with Crippen LogP contribution in [0.2, 0.25) is 0 Å².